The number of hydrogen-bond acceptors (Lipinski definition) is 1. The maximum atomic E-state index is 12.5. The largest absolute Gasteiger partial charge is 0.358 e. The van der Waals surface area contributed by atoms with Crippen molar-refractivity contribution in [2.75, 3.05) is 5.32 Å². The highest BCUT2D eigenvalue weighted by atomic mass is 16.1. The molecule has 22 heavy (non-hydrogen) atoms. The summed E-state index contributed by atoms with van der Waals surface area (Å²) in [4.78, 5) is 16.0. The first-order valence-corrected chi connectivity index (χ1v) is 8.38. The number of hydrogen-bond donors (Lipinski definition) is 2. The molecule has 2 N–H and O–H groups in total. The maximum Gasteiger partial charge on any atom is 0.227 e. The number of carbonyl (C=O) groups is 1. The summed E-state index contributed by atoms with van der Waals surface area (Å²) in [5.74, 6) is 0.371. The van der Waals surface area contributed by atoms with Crippen LogP contribution in [-0.2, 0) is 10.2 Å². The lowest BCUT2D eigenvalue weighted by molar-refractivity contribution is -0.120. The molecule has 2 aromatic rings. The standard InChI is InChI=1S/C19H26N2O/c1-19(2,3)17-12-14-15(20-17)10-7-11-16(14)21-18(22)13-8-5-4-6-9-13/h7,10-13,20H,4-6,8-9H2,1-3H3,(H,21,22). The van der Waals surface area contributed by atoms with Gasteiger partial charge in [-0.2, -0.15) is 0 Å². The molecule has 1 aliphatic rings. The molecule has 1 saturated carbocycles. The van der Waals surface area contributed by atoms with Crippen LogP contribution in [0.1, 0.15) is 58.6 Å². The summed E-state index contributed by atoms with van der Waals surface area (Å²) in [5, 5.41) is 4.27. The van der Waals surface area contributed by atoms with Gasteiger partial charge in [0.1, 0.15) is 0 Å². The minimum Gasteiger partial charge on any atom is -0.358 e. The van der Waals surface area contributed by atoms with E-state index in [1.54, 1.807) is 0 Å². The molecule has 118 valence electrons. The number of fused-ring (bicyclic) bond motifs is 1. The summed E-state index contributed by atoms with van der Waals surface area (Å²) in [6.45, 7) is 6.58. The molecule has 1 aromatic carbocycles. The zero-order chi connectivity index (χ0) is 15.7. The zero-order valence-corrected chi connectivity index (χ0v) is 13.8. The van der Waals surface area contributed by atoms with Crippen molar-refractivity contribution in [3.8, 4) is 0 Å². The average molecular weight is 298 g/mol. The molecule has 0 saturated heterocycles. The third kappa shape index (κ3) is 3.03. The van der Waals surface area contributed by atoms with Gasteiger partial charge in [0.15, 0.2) is 0 Å². The fourth-order valence-electron chi connectivity index (χ4n) is 3.27. The van der Waals surface area contributed by atoms with Crippen molar-refractivity contribution < 1.29 is 4.79 Å². The summed E-state index contributed by atoms with van der Waals surface area (Å²) < 4.78 is 0. The summed E-state index contributed by atoms with van der Waals surface area (Å²) in [7, 11) is 0. The number of H-pyrrole nitrogens is 1. The van der Waals surface area contributed by atoms with Crippen LogP contribution in [0, 0.1) is 5.92 Å². The summed E-state index contributed by atoms with van der Waals surface area (Å²) >= 11 is 0. The quantitative estimate of drug-likeness (QED) is 0.806. The van der Waals surface area contributed by atoms with E-state index in [-0.39, 0.29) is 17.2 Å². The van der Waals surface area contributed by atoms with Gasteiger partial charge in [0.2, 0.25) is 5.91 Å². The van der Waals surface area contributed by atoms with E-state index >= 15 is 0 Å². The monoisotopic (exact) mass is 298 g/mol. The molecular weight excluding hydrogens is 272 g/mol. The highest BCUT2D eigenvalue weighted by Crippen LogP contribution is 2.31. The number of aromatic amines is 1. The van der Waals surface area contributed by atoms with E-state index in [9.17, 15) is 4.79 Å². The van der Waals surface area contributed by atoms with Gasteiger partial charge in [-0.1, -0.05) is 46.1 Å². The molecule has 1 heterocycles. The summed E-state index contributed by atoms with van der Waals surface area (Å²) in [6, 6.07) is 8.25. The van der Waals surface area contributed by atoms with Crippen LogP contribution in [0.15, 0.2) is 24.3 Å². The Labute approximate surface area is 132 Å². The Hall–Kier alpha value is -1.77. The first-order valence-electron chi connectivity index (χ1n) is 8.38. The van der Waals surface area contributed by atoms with Crippen LogP contribution in [-0.4, -0.2) is 10.9 Å². The van der Waals surface area contributed by atoms with Crippen LogP contribution in [0.2, 0.25) is 0 Å². The van der Waals surface area contributed by atoms with E-state index in [1.807, 2.05) is 12.1 Å². The number of amides is 1. The molecule has 0 radical (unpaired) electrons. The molecule has 3 heteroatoms. The van der Waals surface area contributed by atoms with Crippen molar-refractivity contribution in [1.82, 2.24) is 4.98 Å². The fraction of sp³-hybridized carbons (Fsp3) is 0.526. The number of anilines is 1. The Morgan fingerprint density at radius 3 is 2.59 bits per heavy atom. The van der Waals surface area contributed by atoms with Gasteiger partial charge in [0.25, 0.3) is 0 Å². The van der Waals surface area contributed by atoms with Gasteiger partial charge in [-0.05, 0) is 31.0 Å². The molecule has 1 aromatic heterocycles. The minimum atomic E-state index is 0.0731. The van der Waals surface area contributed by atoms with Crippen LogP contribution < -0.4 is 5.32 Å². The second kappa shape index (κ2) is 5.79. The number of rotatable bonds is 2. The van der Waals surface area contributed by atoms with Crippen molar-refractivity contribution in [2.45, 2.75) is 58.3 Å². The molecule has 3 rings (SSSR count). The van der Waals surface area contributed by atoms with Crippen molar-refractivity contribution in [2.24, 2.45) is 5.92 Å². The van der Waals surface area contributed by atoms with Crippen molar-refractivity contribution in [1.29, 1.82) is 0 Å². The topological polar surface area (TPSA) is 44.9 Å². The van der Waals surface area contributed by atoms with Gasteiger partial charge >= 0.3 is 0 Å². The molecule has 1 aliphatic carbocycles. The summed E-state index contributed by atoms with van der Waals surface area (Å²) in [6.07, 6.45) is 5.69. The fourth-order valence-corrected chi connectivity index (χ4v) is 3.27. The average Bonchev–Trinajstić information content (AvgIpc) is 2.93. The number of nitrogens with one attached hydrogen (secondary N) is 2. The van der Waals surface area contributed by atoms with Gasteiger partial charge in [-0.15, -0.1) is 0 Å². The third-order valence-electron chi connectivity index (χ3n) is 4.71. The predicted octanol–water partition coefficient (Wildman–Crippen LogP) is 4.98. The van der Waals surface area contributed by atoms with Gasteiger partial charge in [-0.3, -0.25) is 4.79 Å². The highest BCUT2D eigenvalue weighted by Gasteiger charge is 2.22. The molecule has 3 nitrogen and oxygen atoms in total. The summed E-state index contributed by atoms with van der Waals surface area (Å²) in [5.41, 5.74) is 3.29. The molecule has 0 unspecified atom stereocenters. The molecule has 0 aliphatic heterocycles. The Balaban J connectivity index is 1.87. The lowest BCUT2D eigenvalue weighted by Gasteiger charge is -2.21. The Morgan fingerprint density at radius 1 is 1.18 bits per heavy atom. The normalized spacial score (nSPS) is 16.9. The Bertz CT molecular complexity index is 672. The first kappa shape index (κ1) is 15.1. The van der Waals surface area contributed by atoms with Crippen LogP contribution in [0.3, 0.4) is 0 Å². The third-order valence-corrected chi connectivity index (χ3v) is 4.71. The van der Waals surface area contributed by atoms with E-state index in [2.05, 4.69) is 43.2 Å². The van der Waals surface area contributed by atoms with Crippen molar-refractivity contribution in [3.63, 3.8) is 0 Å². The molecule has 0 bridgehead atoms. The van der Waals surface area contributed by atoms with Crippen LogP contribution in [0.4, 0.5) is 5.69 Å². The van der Waals surface area contributed by atoms with E-state index in [4.69, 9.17) is 0 Å². The van der Waals surface area contributed by atoms with E-state index in [1.165, 1.54) is 25.0 Å². The van der Waals surface area contributed by atoms with E-state index in [0.29, 0.717) is 0 Å². The lowest BCUT2D eigenvalue weighted by atomic mass is 9.88. The SMILES string of the molecule is CC(C)(C)c1cc2c(NC(=O)C3CCCCC3)cccc2[nH]1. The second-order valence-corrected chi connectivity index (χ2v) is 7.52. The Kier molecular flexibility index (Phi) is 3.98. The van der Waals surface area contributed by atoms with Crippen LogP contribution in [0.5, 0.6) is 0 Å². The number of aromatic nitrogens is 1. The number of benzene rings is 1. The van der Waals surface area contributed by atoms with Gasteiger partial charge in [0.05, 0.1) is 5.69 Å². The van der Waals surface area contributed by atoms with Gasteiger partial charge < -0.3 is 10.3 Å². The van der Waals surface area contributed by atoms with Crippen molar-refractivity contribution >= 4 is 22.5 Å². The molecular formula is C19H26N2O. The smallest absolute Gasteiger partial charge is 0.227 e. The first-order chi connectivity index (χ1) is 10.4. The maximum absolute atomic E-state index is 12.5. The zero-order valence-electron chi connectivity index (χ0n) is 13.8. The molecule has 0 spiro atoms. The molecule has 1 amide bonds. The van der Waals surface area contributed by atoms with E-state index in [0.717, 1.165) is 29.4 Å². The van der Waals surface area contributed by atoms with Crippen LogP contribution in [0.25, 0.3) is 10.9 Å². The van der Waals surface area contributed by atoms with Gasteiger partial charge in [0, 0.05) is 27.9 Å². The van der Waals surface area contributed by atoms with Gasteiger partial charge in [-0.25, -0.2) is 0 Å². The minimum absolute atomic E-state index is 0.0731. The van der Waals surface area contributed by atoms with Crippen LogP contribution >= 0.6 is 0 Å². The number of carbonyl (C=O) groups excluding carboxylic acids is 1. The molecule has 0 atom stereocenters. The molecule has 1 fully saturated rings. The second-order valence-electron chi connectivity index (χ2n) is 7.52. The lowest BCUT2D eigenvalue weighted by Crippen LogP contribution is -2.24. The predicted molar refractivity (Wildman–Crippen MR) is 92.2 cm³/mol. The van der Waals surface area contributed by atoms with Crippen molar-refractivity contribution in [3.05, 3.63) is 30.0 Å². The van der Waals surface area contributed by atoms with E-state index < -0.39 is 0 Å². The Morgan fingerprint density at radius 2 is 1.91 bits per heavy atom. The highest BCUT2D eigenvalue weighted by molar-refractivity contribution is 6.02.